The Morgan fingerprint density at radius 3 is 2.50 bits per heavy atom. The zero-order chi connectivity index (χ0) is 19.5. The van der Waals surface area contributed by atoms with Crippen LogP contribution in [0.1, 0.15) is 17.5 Å². The van der Waals surface area contributed by atoms with Crippen molar-refractivity contribution in [2.75, 3.05) is 27.3 Å². The van der Waals surface area contributed by atoms with Gasteiger partial charge in [-0.15, -0.1) is 24.0 Å². The molecule has 2 aromatic carbocycles. The Hall–Kier alpha value is -1.94. The quantitative estimate of drug-likeness (QED) is 0.235. The molecule has 0 aliphatic rings. The van der Waals surface area contributed by atoms with Crippen LogP contribution in [0.15, 0.2) is 47.5 Å². The molecule has 2 N–H and O–H groups in total. The van der Waals surface area contributed by atoms with E-state index in [1.807, 2.05) is 24.3 Å². The Labute approximate surface area is 181 Å². The van der Waals surface area contributed by atoms with Gasteiger partial charge in [0.15, 0.2) is 5.96 Å². The summed E-state index contributed by atoms with van der Waals surface area (Å²) in [6, 6.07) is 11.1. The molecule has 0 saturated carbocycles. The van der Waals surface area contributed by atoms with Gasteiger partial charge in [0.05, 0.1) is 13.7 Å². The second-order valence-corrected chi connectivity index (χ2v) is 5.84. The number of guanidine groups is 1. The Morgan fingerprint density at radius 2 is 1.82 bits per heavy atom. The van der Waals surface area contributed by atoms with Crippen molar-refractivity contribution in [1.29, 1.82) is 0 Å². The molecule has 0 saturated heterocycles. The first kappa shape index (κ1) is 24.1. The van der Waals surface area contributed by atoms with Crippen LogP contribution in [-0.2, 0) is 17.9 Å². The largest absolute Gasteiger partial charge is 0.497 e. The molecule has 0 atom stereocenters. The van der Waals surface area contributed by atoms with E-state index in [9.17, 15) is 8.78 Å². The van der Waals surface area contributed by atoms with Gasteiger partial charge in [0.25, 0.3) is 0 Å². The van der Waals surface area contributed by atoms with E-state index in [2.05, 4.69) is 15.6 Å². The number of rotatable bonds is 9. The monoisotopic (exact) mass is 505 g/mol. The van der Waals surface area contributed by atoms with Gasteiger partial charge >= 0.3 is 0 Å². The SMILES string of the molecule is CN=C(NCCCOCc1ccc(OC)cc1)NCc1cc(F)ccc1F.I. The van der Waals surface area contributed by atoms with Crippen LogP contribution in [0.5, 0.6) is 5.75 Å². The zero-order valence-corrected chi connectivity index (χ0v) is 18.3. The summed E-state index contributed by atoms with van der Waals surface area (Å²) in [4.78, 5) is 4.06. The number of benzene rings is 2. The Bertz CT molecular complexity index is 743. The van der Waals surface area contributed by atoms with Crippen molar-refractivity contribution in [2.45, 2.75) is 19.6 Å². The molecule has 8 heteroatoms. The zero-order valence-electron chi connectivity index (χ0n) is 16.0. The van der Waals surface area contributed by atoms with Gasteiger partial charge in [-0.2, -0.15) is 0 Å². The Kier molecular flexibility index (Phi) is 11.4. The van der Waals surface area contributed by atoms with Gasteiger partial charge in [-0.25, -0.2) is 8.78 Å². The number of ether oxygens (including phenoxy) is 2. The van der Waals surface area contributed by atoms with Crippen molar-refractivity contribution in [2.24, 2.45) is 4.99 Å². The molecular weight excluding hydrogens is 479 g/mol. The van der Waals surface area contributed by atoms with Gasteiger partial charge in [-0.3, -0.25) is 4.99 Å². The average molecular weight is 505 g/mol. The highest BCUT2D eigenvalue weighted by Crippen LogP contribution is 2.12. The van der Waals surface area contributed by atoms with Crippen LogP contribution in [0, 0.1) is 11.6 Å². The fourth-order valence-corrected chi connectivity index (χ4v) is 2.37. The van der Waals surface area contributed by atoms with E-state index < -0.39 is 11.6 Å². The van der Waals surface area contributed by atoms with Crippen molar-refractivity contribution < 1.29 is 18.3 Å². The molecule has 0 aliphatic carbocycles. The highest BCUT2D eigenvalue weighted by molar-refractivity contribution is 14.0. The number of halogens is 3. The van der Waals surface area contributed by atoms with Crippen LogP contribution in [0.3, 0.4) is 0 Å². The lowest BCUT2D eigenvalue weighted by Crippen LogP contribution is -2.37. The van der Waals surface area contributed by atoms with E-state index in [0.29, 0.717) is 25.7 Å². The lowest BCUT2D eigenvalue weighted by Gasteiger charge is -2.12. The van der Waals surface area contributed by atoms with Gasteiger partial charge in [0.2, 0.25) is 0 Å². The summed E-state index contributed by atoms with van der Waals surface area (Å²) in [5, 5.41) is 6.07. The van der Waals surface area contributed by atoms with E-state index in [0.717, 1.165) is 29.9 Å². The summed E-state index contributed by atoms with van der Waals surface area (Å²) in [6.07, 6.45) is 0.783. The van der Waals surface area contributed by atoms with Gasteiger partial charge in [0.1, 0.15) is 17.4 Å². The minimum absolute atomic E-state index is 0. The smallest absolute Gasteiger partial charge is 0.191 e. The topological polar surface area (TPSA) is 54.9 Å². The van der Waals surface area contributed by atoms with Crippen LogP contribution in [0.4, 0.5) is 8.78 Å². The second-order valence-electron chi connectivity index (χ2n) is 5.84. The van der Waals surface area contributed by atoms with E-state index in [1.54, 1.807) is 14.2 Å². The molecule has 0 amide bonds. The summed E-state index contributed by atoms with van der Waals surface area (Å²) in [7, 11) is 3.26. The molecule has 0 bridgehead atoms. The summed E-state index contributed by atoms with van der Waals surface area (Å²) in [6.45, 7) is 1.93. The normalized spacial score (nSPS) is 10.9. The number of hydrogen-bond acceptors (Lipinski definition) is 3. The maximum Gasteiger partial charge on any atom is 0.191 e. The number of aliphatic imine (C=N–C) groups is 1. The molecule has 28 heavy (non-hydrogen) atoms. The van der Waals surface area contributed by atoms with Crippen LogP contribution in [0.25, 0.3) is 0 Å². The lowest BCUT2D eigenvalue weighted by atomic mass is 10.2. The summed E-state index contributed by atoms with van der Waals surface area (Å²) in [5.74, 6) is 0.421. The van der Waals surface area contributed by atoms with Gasteiger partial charge < -0.3 is 20.1 Å². The lowest BCUT2D eigenvalue weighted by molar-refractivity contribution is 0.119. The van der Waals surface area contributed by atoms with E-state index in [1.165, 1.54) is 6.07 Å². The molecule has 0 fully saturated rings. The maximum absolute atomic E-state index is 13.6. The predicted molar refractivity (Wildman–Crippen MR) is 117 cm³/mol. The van der Waals surface area contributed by atoms with E-state index in [4.69, 9.17) is 9.47 Å². The van der Waals surface area contributed by atoms with Crippen molar-refractivity contribution in [3.8, 4) is 5.75 Å². The summed E-state index contributed by atoms with van der Waals surface area (Å²) in [5.41, 5.74) is 1.33. The fraction of sp³-hybridized carbons (Fsp3) is 0.350. The van der Waals surface area contributed by atoms with Crippen LogP contribution in [-0.4, -0.2) is 33.3 Å². The molecule has 0 aliphatic heterocycles. The number of nitrogens with zero attached hydrogens (tertiary/aromatic N) is 1. The first-order valence-corrected chi connectivity index (χ1v) is 8.71. The highest BCUT2D eigenvalue weighted by atomic mass is 127. The molecule has 154 valence electrons. The standard InChI is InChI=1S/C20H25F2N3O2.HI/c1-23-20(25-13-16-12-17(21)6-9-19(16)22)24-10-3-11-27-14-15-4-7-18(26-2)8-5-15;/h4-9,12H,3,10-11,13-14H2,1-2H3,(H2,23,24,25);1H. The van der Waals surface area contributed by atoms with Gasteiger partial charge in [-0.05, 0) is 42.3 Å². The van der Waals surface area contributed by atoms with Crippen molar-refractivity contribution in [3.05, 3.63) is 65.2 Å². The molecule has 0 aromatic heterocycles. The minimum Gasteiger partial charge on any atom is -0.497 e. The Morgan fingerprint density at radius 1 is 1.07 bits per heavy atom. The fourth-order valence-electron chi connectivity index (χ4n) is 2.37. The molecule has 0 spiro atoms. The summed E-state index contributed by atoms with van der Waals surface area (Å²) < 4.78 is 37.5. The van der Waals surface area contributed by atoms with E-state index >= 15 is 0 Å². The third-order valence-corrected chi connectivity index (χ3v) is 3.86. The first-order valence-electron chi connectivity index (χ1n) is 8.71. The molecule has 2 rings (SSSR count). The molecular formula is C20H26F2IN3O2. The predicted octanol–water partition coefficient (Wildman–Crippen LogP) is 3.86. The third-order valence-electron chi connectivity index (χ3n) is 3.86. The Balaban J connectivity index is 0.00000392. The van der Waals surface area contributed by atoms with Crippen molar-refractivity contribution in [1.82, 2.24) is 10.6 Å². The molecule has 2 aromatic rings. The van der Waals surface area contributed by atoms with E-state index in [-0.39, 0.29) is 36.1 Å². The summed E-state index contributed by atoms with van der Waals surface area (Å²) >= 11 is 0. The number of hydrogen-bond donors (Lipinski definition) is 2. The van der Waals surface area contributed by atoms with Crippen molar-refractivity contribution >= 4 is 29.9 Å². The van der Waals surface area contributed by atoms with Crippen LogP contribution < -0.4 is 15.4 Å². The molecule has 0 heterocycles. The van der Waals surface area contributed by atoms with Crippen LogP contribution in [0.2, 0.25) is 0 Å². The number of nitrogens with one attached hydrogen (secondary N) is 2. The van der Waals surface area contributed by atoms with Gasteiger partial charge in [0, 0.05) is 32.3 Å². The highest BCUT2D eigenvalue weighted by Gasteiger charge is 2.05. The molecule has 0 radical (unpaired) electrons. The van der Waals surface area contributed by atoms with Crippen molar-refractivity contribution in [3.63, 3.8) is 0 Å². The second kappa shape index (κ2) is 13.3. The third kappa shape index (κ3) is 8.39. The van der Waals surface area contributed by atoms with Gasteiger partial charge in [-0.1, -0.05) is 12.1 Å². The minimum atomic E-state index is -0.467. The maximum atomic E-state index is 13.6. The number of methoxy groups -OCH3 is 1. The average Bonchev–Trinajstić information content (AvgIpc) is 2.69. The molecule has 0 unspecified atom stereocenters. The first-order chi connectivity index (χ1) is 13.1. The molecule has 5 nitrogen and oxygen atoms in total. The van der Waals surface area contributed by atoms with Crippen LogP contribution >= 0.6 is 24.0 Å².